The van der Waals surface area contributed by atoms with Gasteiger partial charge in [-0.3, -0.25) is 9.20 Å². The predicted octanol–water partition coefficient (Wildman–Crippen LogP) is 3.73. The lowest BCUT2D eigenvalue weighted by atomic mass is 10.1. The molecule has 7 nitrogen and oxygen atoms in total. The van der Waals surface area contributed by atoms with Crippen LogP contribution in [0, 0.1) is 5.92 Å². The molecule has 0 atom stereocenters. The normalized spacial score (nSPS) is 16.3. The lowest BCUT2D eigenvalue weighted by Crippen LogP contribution is -2.25. The van der Waals surface area contributed by atoms with E-state index in [1.807, 2.05) is 30.5 Å². The van der Waals surface area contributed by atoms with Crippen molar-refractivity contribution in [1.29, 1.82) is 0 Å². The highest BCUT2D eigenvalue weighted by atomic mass is 16.1. The average molecular weight is 431 g/mol. The molecule has 3 aromatic rings. The number of aromatic nitrogens is 3. The van der Waals surface area contributed by atoms with E-state index in [1.165, 1.54) is 5.57 Å². The quantitative estimate of drug-likeness (QED) is 0.532. The molecule has 0 spiro atoms. The van der Waals surface area contributed by atoms with Crippen molar-refractivity contribution in [3.8, 4) is 11.3 Å². The third kappa shape index (κ3) is 4.39. The molecule has 1 amide bonds. The fourth-order valence-corrected chi connectivity index (χ4v) is 3.92. The second-order valence-corrected chi connectivity index (χ2v) is 9.10. The number of imidazole rings is 1. The Labute approximate surface area is 188 Å². The highest BCUT2D eigenvalue weighted by Gasteiger charge is 2.24. The fourth-order valence-electron chi connectivity index (χ4n) is 3.92. The largest absolute Gasteiger partial charge is 0.367 e. The molecule has 1 aromatic carbocycles. The maximum absolute atomic E-state index is 12.3. The summed E-state index contributed by atoms with van der Waals surface area (Å²) in [5.41, 5.74) is 5.74. The first-order chi connectivity index (χ1) is 15.6. The topological polar surface area (TPSA) is 83.3 Å². The van der Waals surface area contributed by atoms with Gasteiger partial charge in [-0.1, -0.05) is 32.1 Å². The van der Waals surface area contributed by atoms with Crippen molar-refractivity contribution >= 4 is 22.9 Å². The molecule has 32 heavy (non-hydrogen) atoms. The number of nitrogens with zero attached hydrogens (tertiary/aromatic N) is 3. The summed E-state index contributed by atoms with van der Waals surface area (Å²) in [4.78, 5) is 22.0. The summed E-state index contributed by atoms with van der Waals surface area (Å²) in [7, 11) is 0. The summed E-state index contributed by atoms with van der Waals surface area (Å²) in [5.74, 6) is 1.31. The first-order valence-electron chi connectivity index (χ1n) is 11.5. The molecule has 0 radical (unpaired) electrons. The molecule has 3 heterocycles. The zero-order valence-corrected chi connectivity index (χ0v) is 18.7. The van der Waals surface area contributed by atoms with Crippen LogP contribution in [0.15, 0.2) is 42.7 Å². The Morgan fingerprint density at radius 1 is 1.25 bits per heavy atom. The van der Waals surface area contributed by atoms with Crippen LogP contribution in [-0.2, 0) is 0 Å². The second kappa shape index (κ2) is 8.74. The number of fused-ring (bicyclic) bond motifs is 1. The van der Waals surface area contributed by atoms with Crippen molar-refractivity contribution in [2.45, 2.75) is 39.2 Å². The number of rotatable bonds is 7. The van der Waals surface area contributed by atoms with Crippen molar-refractivity contribution < 1.29 is 4.79 Å². The first kappa shape index (κ1) is 20.7. The van der Waals surface area contributed by atoms with Gasteiger partial charge in [0.05, 0.1) is 17.6 Å². The Balaban J connectivity index is 1.52. The summed E-state index contributed by atoms with van der Waals surface area (Å²) in [6, 6.07) is 8.13. The van der Waals surface area contributed by atoms with E-state index < -0.39 is 0 Å². The van der Waals surface area contributed by atoms with Crippen LogP contribution in [0.25, 0.3) is 22.5 Å². The molecule has 1 fully saturated rings. The van der Waals surface area contributed by atoms with Gasteiger partial charge in [0.15, 0.2) is 11.5 Å². The summed E-state index contributed by atoms with van der Waals surface area (Å²) in [5, 5.41) is 9.90. The molecule has 1 saturated carbocycles. The van der Waals surface area contributed by atoms with Crippen LogP contribution in [0.3, 0.4) is 0 Å². The van der Waals surface area contributed by atoms with Crippen LogP contribution in [0.4, 0.5) is 5.82 Å². The van der Waals surface area contributed by atoms with Crippen LogP contribution >= 0.6 is 0 Å². The highest BCUT2D eigenvalue weighted by molar-refractivity contribution is 5.95. The van der Waals surface area contributed by atoms with Gasteiger partial charge in [0.25, 0.3) is 5.91 Å². The van der Waals surface area contributed by atoms with Crippen molar-refractivity contribution in [2.24, 2.45) is 5.92 Å². The van der Waals surface area contributed by atoms with Crippen LogP contribution < -0.4 is 16.0 Å². The standard InChI is InChI=1S/C25H30N6O/c1-16(2)13-27-23-24-28-14-22(31(24)15-21(30-23)17-9-11-26-12-10-17)18-3-5-19(6-4-18)25(32)29-20-7-8-20/h3-6,9,14-16,20,26H,7-8,10-13H2,1-2H3,(H,27,30)(H,29,32). The average Bonchev–Trinajstić information content (AvgIpc) is 3.53. The van der Waals surface area contributed by atoms with E-state index in [-0.39, 0.29) is 5.91 Å². The lowest BCUT2D eigenvalue weighted by Gasteiger charge is -2.16. The molecular weight excluding hydrogens is 400 g/mol. The molecule has 0 bridgehead atoms. The molecule has 166 valence electrons. The zero-order chi connectivity index (χ0) is 22.1. The van der Waals surface area contributed by atoms with Crippen LogP contribution in [0.2, 0.25) is 0 Å². The number of hydrogen-bond donors (Lipinski definition) is 3. The van der Waals surface area contributed by atoms with Gasteiger partial charge in [-0.25, -0.2) is 9.97 Å². The van der Waals surface area contributed by atoms with E-state index in [9.17, 15) is 4.79 Å². The molecule has 3 N–H and O–H groups in total. The van der Waals surface area contributed by atoms with Crippen molar-refractivity contribution in [1.82, 2.24) is 25.0 Å². The minimum Gasteiger partial charge on any atom is -0.367 e. The number of amides is 1. The highest BCUT2D eigenvalue weighted by Crippen LogP contribution is 2.28. The van der Waals surface area contributed by atoms with Crippen molar-refractivity contribution in [2.75, 3.05) is 25.0 Å². The van der Waals surface area contributed by atoms with Crippen LogP contribution in [0.5, 0.6) is 0 Å². The van der Waals surface area contributed by atoms with E-state index in [4.69, 9.17) is 9.97 Å². The minimum atomic E-state index is 0.00157. The Bertz CT molecular complexity index is 1160. The number of hydrogen-bond acceptors (Lipinski definition) is 5. The number of carbonyl (C=O) groups is 1. The Morgan fingerprint density at radius 2 is 2.06 bits per heavy atom. The third-order valence-corrected chi connectivity index (χ3v) is 5.92. The molecule has 1 aliphatic carbocycles. The van der Waals surface area contributed by atoms with Crippen LogP contribution in [0.1, 0.15) is 49.2 Å². The first-order valence-corrected chi connectivity index (χ1v) is 11.5. The molecule has 2 aromatic heterocycles. The van der Waals surface area contributed by atoms with Gasteiger partial charge < -0.3 is 16.0 Å². The van der Waals surface area contributed by atoms with E-state index in [1.54, 1.807) is 0 Å². The third-order valence-electron chi connectivity index (χ3n) is 5.92. The maximum atomic E-state index is 12.3. The van der Waals surface area contributed by atoms with Gasteiger partial charge >= 0.3 is 0 Å². The molecule has 0 unspecified atom stereocenters. The van der Waals surface area contributed by atoms with Crippen molar-refractivity contribution in [3.63, 3.8) is 0 Å². The molecule has 0 saturated heterocycles. The summed E-state index contributed by atoms with van der Waals surface area (Å²) in [6.45, 7) is 7.02. The minimum absolute atomic E-state index is 0.00157. The summed E-state index contributed by atoms with van der Waals surface area (Å²) >= 11 is 0. The number of carbonyl (C=O) groups excluding carboxylic acids is 1. The molecule has 1 aliphatic heterocycles. The summed E-state index contributed by atoms with van der Waals surface area (Å²) < 4.78 is 2.12. The monoisotopic (exact) mass is 430 g/mol. The van der Waals surface area contributed by atoms with E-state index in [0.29, 0.717) is 17.5 Å². The molecule has 2 aliphatic rings. The van der Waals surface area contributed by atoms with Gasteiger partial charge in [-0.05, 0) is 49.4 Å². The number of benzene rings is 1. The molecule has 7 heteroatoms. The van der Waals surface area contributed by atoms with Gasteiger partial charge in [-0.2, -0.15) is 0 Å². The smallest absolute Gasteiger partial charge is 0.251 e. The Morgan fingerprint density at radius 3 is 2.75 bits per heavy atom. The van der Waals surface area contributed by atoms with Crippen LogP contribution in [-0.4, -0.2) is 46.0 Å². The van der Waals surface area contributed by atoms with Crippen molar-refractivity contribution in [3.05, 3.63) is 54.0 Å². The van der Waals surface area contributed by atoms with E-state index in [2.05, 4.69) is 46.5 Å². The Kier molecular flexibility index (Phi) is 5.66. The van der Waals surface area contributed by atoms with Gasteiger partial charge in [0, 0.05) is 36.5 Å². The predicted molar refractivity (Wildman–Crippen MR) is 128 cm³/mol. The maximum Gasteiger partial charge on any atom is 0.251 e. The fraction of sp³-hybridized carbons (Fsp3) is 0.400. The van der Waals surface area contributed by atoms with E-state index in [0.717, 1.165) is 67.3 Å². The van der Waals surface area contributed by atoms with Gasteiger partial charge in [-0.15, -0.1) is 0 Å². The Hall–Kier alpha value is -3.19. The molecular formula is C25H30N6O. The summed E-state index contributed by atoms with van der Waals surface area (Å²) in [6.07, 6.45) is 9.31. The number of anilines is 1. The van der Waals surface area contributed by atoms with Gasteiger partial charge in [0.2, 0.25) is 0 Å². The number of nitrogens with one attached hydrogen (secondary N) is 3. The molecule has 5 rings (SSSR count). The van der Waals surface area contributed by atoms with Gasteiger partial charge in [0.1, 0.15) is 0 Å². The SMILES string of the molecule is CC(C)CNc1nc(C2=CCNCC2)cn2c(-c3ccc(C(=O)NC4CC4)cc3)cnc12. The van der Waals surface area contributed by atoms with E-state index >= 15 is 0 Å². The second-order valence-electron chi connectivity index (χ2n) is 9.10. The zero-order valence-electron chi connectivity index (χ0n) is 18.7. The lowest BCUT2D eigenvalue weighted by molar-refractivity contribution is 0.0951.